The van der Waals surface area contributed by atoms with Gasteiger partial charge in [0.2, 0.25) is 0 Å². The smallest absolute Gasteiger partial charge is 0.338 e. The van der Waals surface area contributed by atoms with Gasteiger partial charge in [0.05, 0.1) is 12.7 Å². The number of rotatable bonds is 7. The summed E-state index contributed by atoms with van der Waals surface area (Å²) < 4.78 is 9.53. The number of ether oxygens (including phenoxy) is 2. The molecule has 0 bridgehead atoms. The summed E-state index contributed by atoms with van der Waals surface area (Å²) in [7, 11) is 1.24. The van der Waals surface area contributed by atoms with E-state index in [1.807, 2.05) is 13.8 Å². The highest BCUT2D eigenvalue weighted by Gasteiger charge is 2.26. The van der Waals surface area contributed by atoms with Gasteiger partial charge < -0.3 is 19.9 Å². The monoisotopic (exact) mass is 323 g/mol. The second kappa shape index (κ2) is 8.77. The predicted molar refractivity (Wildman–Crippen MR) is 81.8 cm³/mol. The molecular weight excluding hydrogens is 302 g/mol. The van der Waals surface area contributed by atoms with Gasteiger partial charge in [-0.15, -0.1) is 0 Å². The average molecular weight is 323 g/mol. The number of benzene rings is 1. The first-order chi connectivity index (χ1) is 10.9. The van der Waals surface area contributed by atoms with Crippen LogP contribution in [0, 0.1) is 5.92 Å². The van der Waals surface area contributed by atoms with E-state index in [1.54, 1.807) is 0 Å². The van der Waals surface area contributed by atoms with Crippen LogP contribution in [0.3, 0.4) is 0 Å². The summed E-state index contributed by atoms with van der Waals surface area (Å²) in [6, 6.07) is 4.66. The predicted octanol–water partition coefficient (Wildman–Crippen LogP) is 1.25. The fraction of sp³-hybridized carbons (Fsp3) is 0.438. The summed E-state index contributed by atoms with van der Waals surface area (Å²) in [5.41, 5.74) is 0.210. The van der Waals surface area contributed by atoms with Crippen LogP contribution in [0.1, 0.15) is 30.6 Å². The molecule has 0 aliphatic carbocycles. The number of aromatic hydroxyl groups is 1. The molecule has 0 saturated heterocycles. The first kappa shape index (κ1) is 18.5. The Bertz CT molecular complexity index is 554. The van der Waals surface area contributed by atoms with Crippen LogP contribution in [0.2, 0.25) is 0 Å². The summed E-state index contributed by atoms with van der Waals surface area (Å²) in [5.74, 6) is -1.92. The van der Waals surface area contributed by atoms with Gasteiger partial charge in [0.25, 0.3) is 5.91 Å². The second-order valence-electron chi connectivity index (χ2n) is 5.08. The number of carbonyl (C=O) groups is 3. The maximum Gasteiger partial charge on any atom is 0.338 e. The Morgan fingerprint density at radius 1 is 1.22 bits per heavy atom. The average Bonchev–Trinajstić information content (AvgIpc) is 2.56. The highest BCUT2D eigenvalue weighted by Crippen LogP contribution is 2.11. The Kier molecular flexibility index (Phi) is 7.05. The molecule has 0 aliphatic heterocycles. The molecule has 0 radical (unpaired) electrons. The van der Waals surface area contributed by atoms with Crippen LogP contribution in [0.15, 0.2) is 24.3 Å². The third-order valence-electron chi connectivity index (χ3n) is 3.42. The van der Waals surface area contributed by atoms with Crippen molar-refractivity contribution in [2.24, 2.45) is 5.92 Å². The van der Waals surface area contributed by atoms with Crippen LogP contribution in [0.5, 0.6) is 5.75 Å². The van der Waals surface area contributed by atoms with E-state index in [2.05, 4.69) is 10.1 Å². The molecule has 0 aromatic heterocycles. The Hall–Kier alpha value is -2.57. The van der Waals surface area contributed by atoms with Gasteiger partial charge in [-0.2, -0.15) is 0 Å². The lowest BCUT2D eigenvalue weighted by Gasteiger charge is -2.21. The zero-order valence-electron chi connectivity index (χ0n) is 13.4. The number of hydrogen-bond donors (Lipinski definition) is 2. The lowest BCUT2D eigenvalue weighted by molar-refractivity contribution is -0.147. The molecule has 1 amide bonds. The van der Waals surface area contributed by atoms with E-state index in [0.717, 1.165) is 0 Å². The van der Waals surface area contributed by atoms with Crippen molar-refractivity contribution in [2.75, 3.05) is 13.7 Å². The Labute approximate surface area is 134 Å². The fourth-order valence-corrected chi connectivity index (χ4v) is 1.82. The number of methoxy groups -OCH3 is 1. The minimum Gasteiger partial charge on any atom is -0.508 e. The molecule has 0 fully saturated rings. The van der Waals surface area contributed by atoms with Crippen molar-refractivity contribution in [3.63, 3.8) is 0 Å². The van der Waals surface area contributed by atoms with Gasteiger partial charge in [0.1, 0.15) is 11.8 Å². The first-order valence-electron chi connectivity index (χ1n) is 7.22. The summed E-state index contributed by atoms with van der Waals surface area (Å²) in [6.07, 6.45) is 0.674. The highest BCUT2D eigenvalue weighted by atomic mass is 16.5. The minimum absolute atomic E-state index is 0.0220. The molecule has 0 heterocycles. The van der Waals surface area contributed by atoms with Gasteiger partial charge in [-0.1, -0.05) is 20.3 Å². The third kappa shape index (κ3) is 5.61. The maximum absolute atomic E-state index is 11.8. The molecule has 23 heavy (non-hydrogen) atoms. The van der Waals surface area contributed by atoms with Gasteiger partial charge in [-0.25, -0.2) is 9.59 Å². The zero-order valence-corrected chi connectivity index (χ0v) is 13.4. The van der Waals surface area contributed by atoms with Crippen molar-refractivity contribution < 1.29 is 29.0 Å². The molecule has 7 heteroatoms. The maximum atomic E-state index is 11.8. The summed E-state index contributed by atoms with van der Waals surface area (Å²) in [6.45, 7) is 3.19. The van der Waals surface area contributed by atoms with Crippen LogP contribution in [-0.4, -0.2) is 42.7 Å². The molecule has 0 saturated carbocycles. The number of nitrogens with one attached hydrogen (secondary N) is 1. The molecule has 7 nitrogen and oxygen atoms in total. The molecule has 0 unspecified atom stereocenters. The van der Waals surface area contributed by atoms with Crippen LogP contribution in [-0.2, 0) is 19.1 Å². The lowest BCUT2D eigenvalue weighted by Crippen LogP contribution is -2.47. The topological polar surface area (TPSA) is 102 Å². The van der Waals surface area contributed by atoms with Gasteiger partial charge in [0, 0.05) is 0 Å². The van der Waals surface area contributed by atoms with E-state index in [-0.39, 0.29) is 17.2 Å². The van der Waals surface area contributed by atoms with Crippen molar-refractivity contribution in [1.82, 2.24) is 5.32 Å². The van der Waals surface area contributed by atoms with E-state index in [9.17, 15) is 14.4 Å². The van der Waals surface area contributed by atoms with Crippen molar-refractivity contribution in [3.8, 4) is 5.75 Å². The quantitative estimate of drug-likeness (QED) is 0.732. The van der Waals surface area contributed by atoms with E-state index in [4.69, 9.17) is 9.84 Å². The number of esters is 2. The van der Waals surface area contributed by atoms with Crippen molar-refractivity contribution in [3.05, 3.63) is 29.8 Å². The second-order valence-corrected chi connectivity index (χ2v) is 5.08. The number of phenols is 1. The van der Waals surface area contributed by atoms with E-state index in [1.165, 1.54) is 31.4 Å². The molecule has 126 valence electrons. The standard InChI is InChI=1S/C16H21NO6/c1-4-10(2)14(16(21)22-3)17-13(19)9-23-15(20)11-5-7-12(18)8-6-11/h5-8,10,14,18H,4,9H2,1-3H3,(H,17,19)/t10-,14+/m0/s1. The van der Waals surface area contributed by atoms with Gasteiger partial charge in [0.15, 0.2) is 6.61 Å². The Morgan fingerprint density at radius 2 is 1.83 bits per heavy atom. The van der Waals surface area contributed by atoms with Crippen molar-refractivity contribution in [2.45, 2.75) is 26.3 Å². The number of carbonyl (C=O) groups excluding carboxylic acids is 3. The number of hydrogen-bond acceptors (Lipinski definition) is 6. The summed E-state index contributed by atoms with van der Waals surface area (Å²) in [4.78, 5) is 35.3. The summed E-state index contributed by atoms with van der Waals surface area (Å²) in [5, 5.41) is 11.7. The van der Waals surface area contributed by atoms with E-state index >= 15 is 0 Å². The highest BCUT2D eigenvalue weighted by molar-refractivity contribution is 5.92. The molecule has 2 N–H and O–H groups in total. The SMILES string of the molecule is CC[C@H](C)[C@@H](NC(=O)COC(=O)c1ccc(O)cc1)C(=O)OC. The Morgan fingerprint density at radius 3 is 2.35 bits per heavy atom. The van der Waals surface area contributed by atoms with Crippen LogP contribution in [0.4, 0.5) is 0 Å². The van der Waals surface area contributed by atoms with E-state index < -0.39 is 30.5 Å². The van der Waals surface area contributed by atoms with Crippen LogP contribution in [0.25, 0.3) is 0 Å². The zero-order chi connectivity index (χ0) is 17.4. The molecule has 0 spiro atoms. The normalized spacial score (nSPS) is 12.8. The summed E-state index contributed by atoms with van der Waals surface area (Å²) >= 11 is 0. The fourth-order valence-electron chi connectivity index (χ4n) is 1.82. The Balaban J connectivity index is 2.56. The lowest BCUT2D eigenvalue weighted by atomic mass is 9.99. The van der Waals surface area contributed by atoms with Crippen LogP contribution < -0.4 is 5.32 Å². The number of amides is 1. The van der Waals surface area contributed by atoms with Gasteiger partial charge in [-0.3, -0.25) is 4.79 Å². The van der Waals surface area contributed by atoms with Crippen molar-refractivity contribution >= 4 is 17.8 Å². The van der Waals surface area contributed by atoms with Crippen molar-refractivity contribution in [1.29, 1.82) is 0 Å². The van der Waals surface area contributed by atoms with Crippen LogP contribution >= 0.6 is 0 Å². The molecule has 1 aromatic rings. The minimum atomic E-state index is -0.787. The largest absolute Gasteiger partial charge is 0.508 e. The molecule has 0 aliphatic rings. The first-order valence-corrected chi connectivity index (χ1v) is 7.22. The van der Waals surface area contributed by atoms with Gasteiger partial charge in [-0.05, 0) is 30.2 Å². The third-order valence-corrected chi connectivity index (χ3v) is 3.42. The molecule has 1 rings (SSSR count). The van der Waals surface area contributed by atoms with Gasteiger partial charge >= 0.3 is 11.9 Å². The molecular formula is C16H21NO6. The van der Waals surface area contributed by atoms with E-state index in [0.29, 0.717) is 6.42 Å². The number of phenolic OH excluding ortho intramolecular Hbond substituents is 1. The molecule has 1 aromatic carbocycles. The molecule has 2 atom stereocenters.